The summed E-state index contributed by atoms with van der Waals surface area (Å²) >= 11 is 0. The van der Waals surface area contributed by atoms with E-state index in [2.05, 4.69) is 0 Å². The van der Waals surface area contributed by atoms with Gasteiger partial charge in [-0.3, -0.25) is 4.31 Å². The van der Waals surface area contributed by atoms with Gasteiger partial charge in [0.2, 0.25) is 10.0 Å². The van der Waals surface area contributed by atoms with E-state index in [1.54, 1.807) is 36.4 Å². The summed E-state index contributed by atoms with van der Waals surface area (Å²) in [6, 6.07) is 16.0. The minimum absolute atomic E-state index is 0.384. The number of ether oxygens (including phenoxy) is 1. The lowest BCUT2D eigenvalue weighted by Crippen LogP contribution is -2.30. The number of benzene rings is 2. The Morgan fingerprint density at radius 2 is 1.75 bits per heavy atom. The maximum atomic E-state index is 12.4. The zero-order valence-corrected chi connectivity index (χ0v) is 14.2. The van der Waals surface area contributed by atoms with Crippen LogP contribution in [0.4, 0.5) is 5.69 Å². The number of esters is 1. The van der Waals surface area contributed by atoms with Crippen LogP contribution >= 0.6 is 0 Å². The molecule has 1 aliphatic rings. The summed E-state index contributed by atoms with van der Waals surface area (Å²) in [7, 11) is -3.37. The Hall–Kier alpha value is -2.34. The molecule has 0 aliphatic carbocycles. The van der Waals surface area contributed by atoms with Gasteiger partial charge in [0.1, 0.15) is 6.10 Å². The van der Waals surface area contributed by atoms with E-state index in [0.717, 1.165) is 5.56 Å². The van der Waals surface area contributed by atoms with Crippen LogP contribution in [0.25, 0.3) is 0 Å². The lowest BCUT2D eigenvalue weighted by molar-refractivity contribution is 0.0279. The molecular weight excluding hydrogens is 326 g/mol. The second-order valence-corrected chi connectivity index (χ2v) is 7.70. The molecule has 2 aromatic rings. The summed E-state index contributed by atoms with van der Waals surface area (Å²) < 4.78 is 31.2. The van der Waals surface area contributed by atoms with Gasteiger partial charge in [-0.15, -0.1) is 0 Å². The zero-order valence-electron chi connectivity index (χ0n) is 13.4. The molecule has 126 valence electrons. The summed E-state index contributed by atoms with van der Waals surface area (Å²) in [5.41, 5.74) is 1.80. The molecule has 0 unspecified atom stereocenters. The van der Waals surface area contributed by atoms with Gasteiger partial charge in [0, 0.05) is 12.1 Å². The monoisotopic (exact) mass is 345 g/mol. The molecule has 1 heterocycles. The fourth-order valence-corrected chi connectivity index (χ4v) is 3.91. The van der Waals surface area contributed by atoms with Crippen molar-refractivity contribution >= 4 is 21.7 Å². The molecule has 3 rings (SSSR count). The van der Waals surface area contributed by atoms with Crippen LogP contribution in [0.2, 0.25) is 0 Å². The van der Waals surface area contributed by atoms with Gasteiger partial charge in [0.15, 0.2) is 0 Å². The van der Waals surface area contributed by atoms with Gasteiger partial charge >= 0.3 is 5.97 Å². The second-order valence-electron chi connectivity index (χ2n) is 5.80. The second kappa shape index (κ2) is 6.65. The SMILES string of the molecule is CS(=O)(=O)N1CCC[C@H](OC(=O)c2ccccc2)c2ccccc21. The van der Waals surface area contributed by atoms with Crippen molar-refractivity contribution in [1.29, 1.82) is 0 Å². The highest BCUT2D eigenvalue weighted by atomic mass is 32.2. The van der Waals surface area contributed by atoms with Crippen molar-refractivity contribution in [3.05, 3.63) is 65.7 Å². The van der Waals surface area contributed by atoms with Crippen LogP contribution in [0, 0.1) is 0 Å². The summed E-state index contributed by atoms with van der Waals surface area (Å²) in [6.07, 6.45) is 1.94. The first-order valence-corrected chi connectivity index (χ1v) is 9.64. The van der Waals surface area contributed by atoms with Crippen molar-refractivity contribution in [3.8, 4) is 0 Å². The third kappa shape index (κ3) is 3.43. The van der Waals surface area contributed by atoms with Crippen molar-refractivity contribution in [1.82, 2.24) is 0 Å². The van der Waals surface area contributed by atoms with Gasteiger partial charge in [-0.05, 0) is 31.0 Å². The molecule has 0 radical (unpaired) electrons. The molecule has 0 bridgehead atoms. The van der Waals surface area contributed by atoms with E-state index in [-0.39, 0.29) is 0 Å². The van der Waals surface area contributed by atoms with Crippen molar-refractivity contribution in [3.63, 3.8) is 0 Å². The molecule has 0 N–H and O–H groups in total. The number of hydrogen-bond donors (Lipinski definition) is 0. The Balaban J connectivity index is 1.93. The van der Waals surface area contributed by atoms with E-state index in [9.17, 15) is 13.2 Å². The van der Waals surface area contributed by atoms with Crippen LogP contribution in [0.5, 0.6) is 0 Å². The van der Waals surface area contributed by atoms with E-state index in [4.69, 9.17) is 4.74 Å². The number of hydrogen-bond acceptors (Lipinski definition) is 4. The third-order valence-corrected chi connectivity index (χ3v) is 5.22. The van der Waals surface area contributed by atoms with Gasteiger partial charge in [0.05, 0.1) is 17.5 Å². The average Bonchev–Trinajstić information content (AvgIpc) is 2.75. The van der Waals surface area contributed by atoms with Crippen LogP contribution in [-0.2, 0) is 14.8 Å². The number of para-hydroxylation sites is 1. The maximum absolute atomic E-state index is 12.4. The Kier molecular flexibility index (Phi) is 4.57. The fraction of sp³-hybridized carbons (Fsp3) is 0.278. The van der Waals surface area contributed by atoms with Crippen molar-refractivity contribution in [2.45, 2.75) is 18.9 Å². The summed E-state index contributed by atoms with van der Waals surface area (Å²) in [5, 5.41) is 0. The molecule has 24 heavy (non-hydrogen) atoms. The highest BCUT2D eigenvalue weighted by Crippen LogP contribution is 2.36. The van der Waals surface area contributed by atoms with E-state index < -0.39 is 22.1 Å². The van der Waals surface area contributed by atoms with E-state index >= 15 is 0 Å². The highest BCUT2D eigenvalue weighted by Gasteiger charge is 2.29. The maximum Gasteiger partial charge on any atom is 0.338 e. The molecule has 6 heteroatoms. The third-order valence-electron chi connectivity index (χ3n) is 4.04. The van der Waals surface area contributed by atoms with E-state index in [1.165, 1.54) is 10.6 Å². The van der Waals surface area contributed by atoms with E-state index in [0.29, 0.717) is 30.6 Å². The van der Waals surface area contributed by atoms with Gasteiger partial charge < -0.3 is 4.74 Å². The number of anilines is 1. The molecule has 0 aromatic heterocycles. The van der Waals surface area contributed by atoms with Crippen molar-refractivity contribution in [2.24, 2.45) is 0 Å². The molecule has 0 saturated carbocycles. The zero-order chi connectivity index (χ0) is 17.2. The van der Waals surface area contributed by atoms with E-state index in [1.807, 2.05) is 18.2 Å². The molecular formula is C18H19NO4S. The predicted octanol–water partition coefficient (Wildman–Crippen LogP) is 3.14. The first-order valence-electron chi connectivity index (χ1n) is 7.79. The fourth-order valence-electron chi connectivity index (χ4n) is 2.92. The Labute approximate surface area is 141 Å². The van der Waals surface area contributed by atoms with Crippen LogP contribution in [-0.4, -0.2) is 27.2 Å². The molecule has 1 atom stereocenters. The van der Waals surface area contributed by atoms with Crippen LogP contribution < -0.4 is 4.31 Å². The molecule has 1 aliphatic heterocycles. The molecule has 0 amide bonds. The van der Waals surface area contributed by atoms with Gasteiger partial charge in [-0.25, -0.2) is 13.2 Å². The van der Waals surface area contributed by atoms with Crippen molar-refractivity contribution in [2.75, 3.05) is 17.1 Å². The largest absolute Gasteiger partial charge is 0.454 e. The van der Waals surface area contributed by atoms with Gasteiger partial charge in [-0.1, -0.05) is 36.4 Å². The topological polar surface area (TPSA) is 63.7 Å². The molecule has 0 saturated heterocycles. The van der Waals surface area contributed by atoms with Crippen LogP contribution in [0.15, 0.2) is 54.6 Å². The lowest BCUT2D eigenvalue weighted by Gasteiger charge is -2.23. The molecule has 0 spiro atoms. The molecule has 2 aromatic carbocycles. The highest BCUT2D eigenvalue weighted by molar-refractivity contribution is 7.92. The normalized spacial score (nSPS) is 17.7. The Bertz CT molecular complexity index is 833. The summed E-state index contributed by atoms with van der Waals surface area (Å²) in [5.74, 6) is -0.400. The standard InChI is InChI=1S/C18H19NO4S/c1-24(21,22)19-13-7-12-17(15-10-5-6-11-16(15)19)23-18(20)14-8-3-2-4-9-14/h2-6,8-11,17H,7,12-13H2,1H3/t17-/m0/s1. The quantitative estimate of drug-likeness (QED) is 0.802. The molecule has 0 fully saturated rings. The first-order chi connectivity index (χ1) is 11.5. The summed E-state index contributed by atoms with van der Waals surface area (Å²) in [4.78, 5) is 12.4. The van der Waals surface area contributed by atoms with Crippen LogP contribution in [0.3, 0.4) is 0 Å². The lowest BCUT2D eigenvalue weighted by atomic mass is 10.0. The number of nitrogens with zero attached hydrogens (tertiary/aromatic N) is 1. The first kappa shape index (κ1) is 16.5. The van der Waals surface area contributed by atoms with Crippen molar-refractivity contribution < 1.29 is 17.9 Å². The summed E-state index contributed by atoms with van der Waals surface area (Å²) in [6.45, 7) is 0.384. The molecule has 5 nitrogen and oxygen atoms in total. The number of sulfonamides is 1. The number of carbonyl (C=O) groups is 1. The minimum atomic E-state index is -3.37. The predicted molar refractivity (Wildman–Crippen MR) is 92.5 cm³/mol. The number of rotatable bonds is 3. The number of carbonyl (C=O) groups excluding carboxylic acids is 1. The average molecular weight is 345 g/mol. The minimum Gasteiger partial charge on any atom is -0.454 e. The van der Waals surface area contributed by atoms with Gasteiger partial charge in [-0.2, -0.15) is 0 Å². The number of fused-ring (bicyclic) bond motifs is 1. The Morgan fingerprint density at radius 1 is 1.08 bits per heavy atom. The smallest absolute Gasteiger partial charge is 0.338 e. The Morgan fingerprint density at radius 3 is 2.46 bits per heavy atom. The van der Waals surface area contributed by atoms with Gasteiger partial charge in [0.25, 0.3) is 0 Å². The van der Waals surface area contributed by atoms with Crippen LogP contribution in [0.1, 0.15) is 34.9 Å².